The van der Waals surface area contributed by atoms with Gasteiger partial charge in [-0.25, -0.2) is 0 Å². The topological polar surface area (TPSA) is 75.7 Å². The van der Waals surface area contributed by atoms with E-state index in [1.165, 1.54) is 0 Å². The van der Waals surface area contributed by atoms with Crippen LogP contribution in [0.1, 0.15) is 62.5 Å². The third kappa shape index (κ3) is 5.13. The molecule has 6 nitrogen and oxygen atoms in total. The highest BCUT2D eigenvalue weighted by Crippen LogP contribution is 2.50. The Bertz CT molecular complexity index is 1310. The number of ether oxygens (including phenoxy) is 1. The Morgan fingerprint density at radius 2 is 1.50 bits per heavy atom. The van der Waals surface area contributed by atoms with Crippen LogP contribution in [-0.4, -0.2) is 35.5 Å². The number of nitrogens with zero attached hydrogens (tertiary/aromatic N) is 1. The van der Waals surface area contributed by atoms with E-state index >= 15 is 0 Å². The van der Waals surface area contributed by atoms with Crippen LogP contribution in [0.4, 0.5) is 5.69 Å². The van der Waals surface area contributed by atoms with Crippen LogP contribution in [0.15, 0.2) is 67.9 Å². The molecule has 38 heavy (non-hydrogen) atoms. The number of nitrogens with one attached hydrogen (secondary N) is 1. The molecule has 0 bridgehead atoms. The summed E-state index contributed by atoms with van der Waals surface area (Å²) in [6.45, 7) is 4.66. The van der Waals surface area contributed by atoms with E-state index in [1.807, 2.05) is 43.3 Å². The number of ketones is 2. The molecule has 2 aromatic carbocycles. The van der Waals surface area contributed by atoms with Gasteiger partial charge in [-0.15, -0.1) is 0 Å². The first-order valence-corrected chi connectivity index (χ1v) is 14.6. The fraction of sp³-hybridized carbons (Fsp3) is 0.367. The van der Waals surface area contributed by atoms with Gasteiger partial charge in [0.1, 0.15) is 5.75 Å². The zero-order valence-electron chi connectivity index (χ0n) is 21.5. The van der Waals surface area contributed by atoms with Gasteiger partial charge in [0.05, 0.1) is 8.95 Å². The third-order valence-electron chi connectivity index (χ3n) is 7.44. The lowest BCUT2D eigenvalue weighted by molar-refractivity contribution is -0.118. The zero-order valence-corrected chi connectivity index (χ0v) is 24.7. The molecule has 5 rings (SSSR count). The van der Waals surface area contributed by atoms with E-state index in [-0.39, 0.29) is 24.1 Å². The van der Waals surface area contributed by atoms with Gasteiger partial charge in [0.2, 0.25) is 0 Å². The summed E-state index contributed by atoms with van der Waals surface area (Å²) in [4.78, 5) is 41.4. The van der Waals surface area contributed by atoms with Gasteiger partial charge >= 0.3 is 0 Å². The summed E-state index contributed by atoms with van der Waals surface area (Å²) in [7, 11) is 0. The molecule has 0 aromatic heterocycles. The fourth-order valence-corrected chi connectivity index (χ4v) is 7.24. The lowest BCUT2D eigenvalue weighted by Gasteiger charge is -2.43. The minimum absolute atomic E-state index is 0.125. The zero-order chi connectivity index (χ0) is 27.0. The number of rotatable bonds is 6. The van der Waals surface area contributed by atoms with Crippen molar-refractivity contribution in [2.75, 3.05) is 18.5 Å². The Morgan fingerprint density at radius 3 is 2.03 bits per heavy atom. The van der Waals surface area contributed by atoms with Gasteiger partial charge in [-0.05, 0) is 101 Å². The molecule has 0 saturated heterocycles. The van der Waals surface area contributed by atoms with Gasteiger partial charge in [0, 0.05) is 53.5 Å². The monoisotopic (exact) mass is 640 g/mol. The number of carbonyl (C=O) groups is 3. The molecule has 0 fully saturated rings. The first kappa shape index (κ1) is 26.9. The Hall–Kier alpha value is -2.71. The van der Waals surface area contributed by atoms with Gasteiger partial charge < -0.3 is 15.0 Å². The number of amides is 1. The molecule has 2 aliphatic carbocycles. The average molecular weight is 642 g/mol. The third-order valence-corrected chi connectivity index (χ3v) is 8.62. The number of allylic oxidation sites excluding steroid dienone is 4. The number of carbonyl (C=O) groups excluding carboxylic acids is 3. The molecule has 0 unspecified atom stereocenters. The highest BCUT2D eigenvalue weighted by Gasteiger charge is 2.43. The van der Waals surface area contributed by atoms with Crippen molar-refractivity contribution in [3.63, 3.8) is 0 Å². The Labute approximate surface area is 239 Å². The van der Waals surface area contributed by atoms with E-state index in [1.54, 1.807) is 0 Å². The maximum absolute atomic E-state index is 13.3. The van der Waals surface area contributed by atoms with E-state index in [0.717, 1.165) is 65.9 Å². The summed E-state index contributed by atoms with van der Waals surface area (Å²) in [6, 6.07) is 11.4. The highest BCUT2D eigenvalue weighted by atomic mass is 79.9. The minimum atomic E-state index is -0.394. The van der Waals surface area contributed by atoms with E-state index in [2.05, 4.69) is 49.0 Å². The molecule has 0 saturated carbocycles. The molecule has 0 atom stereocenters. The van der Waals surface area contributed by atoms with Crippen LogP contribution in [-0.2, 0) is 14.4 Å². The van der Waals surface area contributed by atoms with Crippen molar-refractivity contribution in [3.8, 4) is 5.75 Å². The molecule has 1 N–H and O–H groups in total. The largest absolute Gasteiger partial charge is 0.481 e. The SMILES string of the molecule is CCN1C2=C(C(=O)CCC2)C(c2cc(Br)c(OCC(=O)Nc3ccc(C)cc3)c(Br)c2)C2=C1CCCC2=O. The smallest absolute Gasteiger partial charge is 0.262 e. The normalized spacial score (nSPS) is 17.9. The minimum Gasteiger partial charge on any atom is -0.481 e. The van der Waals surface area contributed by atoms with Gasteiger partial charge in [0.15, 0.2) is 18.2 Å². The maximum atomic E-state index is 13.3. The summed E-state index contributed by atoms with van der Waals surface area (Å²) >= 11 is 7.24. The van der Waals surface area contributed by atoms with Crippen molar-refractivity contribution >= 4 is 55.0 Å². The fourth-order valence-electron chi connectivity index (χ4n) is 5.79. The molecule has 198 valence electrons. The van der Waals surface area contributed by atoms with Gasteiger partial charge in [-0.1, -0.05) is 17.7 Å². The van der Waals surface area contributed by atoms with Crippen LogP contribution in [0.3, 0.4) is 0 Å². The number of hydrogen-bond acceptors (Lipinski definition) is 5. The number of halogens is 2. The summed E-state index contributed by atoms with van der Waals surface area (Å²) in [5.74, 6) is 0.0795. The predicted molar refractivity (Wildman–Crippen MR) is 154 cm³/mol. The van der Waals surface area contributed by atoms with Crippen molar-refractivity contribution in [2.45, 2.75) is 58.3 Å². The second kappa shape index (κ2) is 11.2. The second-order valence-electron chi connectivity index (χ2n) is 9.97. The number of Topliss-reactive ketones (excluding diaryl/α,β-unsaturated/α-hetero) is 2. The molecule has 1 heterocycles. The van der Waals surface area contributed by atoms with Crippen molar-refractivity contribution in [1.29, 1.82) is 0 Å². The first-order valence-electron chi connectivity index (χ1n) is 13.1. The number of anilines is 1. The Kier molecular flexibility index (Phi) is 7.91. The summed E-state index contributed by atoms with van der Waals surface area (Å²) in [5.41, 5.74) is 6.35. The lowest BCUT2D eigenvalue weighted by atomic mass is 9.71. The van der Waals surface area contributed by atoms with Crippen LogP contribution in [0.25, 0.3) is 0 Å². The number of aryl methyl sites for hydroxylation is 1. The molecular weight excluding hydrogens is 612 g/mol. The van der Waals surface area contributed by atoms with E-state index in [4.69, 9.17) is 4.74 Å². The second-order valence-corrected chi connectivity index (χ2v) is 11.7. The molecule has 2 aromatic rings. The average Bonchev–Trinajstić information content (AvgIpc) is 2.88. The van der Waals surface area contributed by atoms with Crippen molar-refractivity contribution in [2.24, 2.45) is 0 Å². The molecule has 0 radical (unpaired) electrons. The van der Waals surface area contributed by atoms with E-state index in [9.17, 15) is 14.4 Å². The summed E-state index contributed by atoms with van der Waals surface area (Å²) < 4.78 is 7.19. The quantitative estimate of drug-likeness (QED) is 0.369. The number of hydrogen-bond donors (Lipinski definition) is 1. The van der Waals surface area contributed by atoms with Crippen molar-refractivity contribution in [3.05, 3.63) is 79.0 Å². The van der Waals surface area contributed by atoms with Gasteiger partial charge in [-0.2, -0.15) is 0 Å². The Morgan fingerprint density at radius 1 is 0.947 bits per heavy atom. The van der Waals surface area contributed by atoms with Gasteiger partial charge in [-0.3, -0.25) is 14.4 Å². The maximum Gasteiger partial charge on any atom is 0.262 e. The van der Waals surface area contributed by atoms with Crippen molar-refractivity contribution < 1.29 is 19.1 Å². The molecular formula is C30H30Br2N2O4. The number of benzene rings is 2. The highest BCUT2D eigenvalue weighted by molar-refractivity contribution is 9.11. The molecule has 1 aliphatic heterocycles. The van der Waals surface area contributed by atoms with E-state index < -0.39 is 5.92 Å². The Balaban J connectivity index is 1.46. The van der Waals surface area contributed by atoms with Crippen LogP contribution in [0, 0.1) is 6.92 Å². The van der Waals surface area contributed by atoms with Crippen LogP contribution in [0.5, 0.6) is 5.75 Å². The van der Waals surface area contributed by atoms with Crippen LogP contribution in [0.2, 0.25) is 0 Å². The van der Waals surface area contributed by atoms with Crippen LogP contribution < -0.4 is 10.1 Å². The van der Waals surface area contributed by atoms with Crippen molar-refractivity contribution in [1.82, 2.24) is 4.90 Å². The lowest BCUT2D eigenvalue weighted by Crippen LogP contribution is -2.39. The van der Waals surface area contributed by atoms with Crippen LogP contribution >= 0.6 is 31.9 Å². The molecule has 8 heteroatoms. The predicted octanol–water partition coefficient (Wildman–Crippen LogP) is 6.97. The first-order chi connectivity index (χ1) is 18.3. The summed E-state index contributed by atoms with van der Waals surface area (Å²) in [5, 5.41) is 2.84. The molecule has 1 amide bonds. The molecule has 3 aliphatic rings. The van der Waals surface area contributed by atoms with Gasteiger partial charge in [0.25, 0.3) is 5.91 Å². The summed E-state index contributed by atoms with van der Waals surface area (Å²) in [6.07, 6.45) is 4.36. The standard InChI is InChI=1S/C30H30Br2N2O4/c1-3-34-22-6-4-8-24(35)28(22)27(29-23(34)7-5-9-25(29)36)18-14-20(31)30(21(32)15-18)38-16-26(37)33-19-12-10-17(2)11-13-19/h10-15,27H,3-9,16H2,1-2H3,(H,33,37). The molecule has 0 spiro atoms. The van der Waals surface area contributed by atoms with E-state index in [0.29, 0.717) is 33.2 Å².